The van der Waals surface area contributed by atoms with E-state index in [2.05, 4.69) is 5.32 Å². The first-order valence-corrected chi connectivity index (χ1v) is 4.61. The van der Waals surface area contributed by atoms with Gasteiger partial charge in [0.05, 0.1) is 0 Å². The van der Waals surface area contributed by atoms with Crippen molar-refractivity contribution in [1.82, 2.24) is 5.32 Å². The van der Waals surface area contributed by atoms with Crippen molar-refractivity contribution in [3.63, 3.8) is 0 Å². The van der Waals surface area contributed by atoms with Gasteiger partial charge < -0.3 is 5.32 Å². The predicted octanol–water partition coefficient (Wildman–Crippen LogP) is 0.992. The number of hydrogen-bond acceptors (Lipinski definition) is 2. The van der Waals surface area contributed by atoms with Crippen molar-refractivity contribution in [2.45, 2.75) is 13.3 Å². The Morgan fingerprint density at radius 2 is 2.27 bits per heavy atom. The first kappa shape index (κ1) is 11.4. The monoisotopic (exact) mass is 209 g/mol. The highest BCUT2D eigenvalue weighted by molar-refractivity contribution is 6.23. The second-order valence-electron chi connectivity index (χ2n) is 3.24. The van der Waals surface area contributed by atoms with Crippen LogP contribution in [0.15, 0.2) is 18.2 Å². The molecular weight excluding hydrogens is 197 g/mol. The molecule has 0 bridgehead atoms. The van der Waals surface area contributed by atoms with Gasteiger partial charge in [0.2, 0.25) is 6.29 Å². The number of rotatable bonds is 4. The number of nitrogens with one attached hydrogen (secondary N) is 1. The summed E-state index contributed by atoms with van der Waals surface area (Å²) in [5.74, 6) is -0.871. The molecule has 1 N–H and O–H groups in total. The fourth-order valence-electron chi connectivity index (χ4n) is 1.23. The fraction of sp³-hybridized carbons (Fsp3) is 0.273. The summed E-state index contributed by atoms with van der Waals surface area (Å²) in [7, 11) is 0. The summed E-state index contributed by atoms with van der Waals surface area (Å²) in [6, 6.07) is 4.78. The molecule has 1 aromatic rings. The van der Waals surface area contributed by atoms with Crippen LogP contribution in [0.2, 0.25) is 0 Å². The van der Waals surface area contributed by atoms with Crippen LogP contribution < -0.4 is 5.32 Å². The van der Waals surface area contributed by atoms with Crippen LogP contribution in [0.5, 0.6) is 0 Å². The standard InChI is InChI=1S/C11H12FNO2/c1-8-6-9(2-3-10(8)12)4-5-13-11(15)7-14/h2-3,6-7H,4-5H2,1H3,(H,13,15). The first-order chi connectivity index (χ1) is 7.13. The highest BCUT2D eigenvalue weighted by Gasteiger charge is 2.00. The van der Waals surface area contributed by atoms with Crippen LogP contribution in [0.3, 0.4) is 0 Å². The second-order valence-corrected chi connectivity index (χ2v) is 3.24. The zero-order valence-electron chi connectivity index (χ0n) is 8.42. The van der Waals surface area contributed by atoms with E-state index < -0.39 is 5.91 Å². The van der Waals surface area contributed by atoms with E-state index in [1.54, 1.807) is 19.1 Å². The Morgan fingerprint density at radius 3 is 2.87 bits per heavy atom. The number of amides is 1. The smallest absolute Gasteiger partial charge is 0.284 e. The number of hydrogen-bond donors (Lipinski definition) is 1. The molecule has 0 spiro atoms. The van der Waals surface area contributed by atoms with Crippen LogP contribution in [0, 0.1) is 12.7 Å². The Labute approximate surface area is 87.3 Å². The third-order valence-electron chi connectivity index (χ3n) is 2.04. The summed E-state index contributed by atoms with van der Waals surface area (Å²) in [4.78, 5) is 20.6. The van der Waals surface area contributed by atoms with Crippen molar-refractivity contribution in [3.8, 4) is 0 Å². The largest absolute Gasteiger partial charge is 0.349 e. The minimum atomic E-state index is -0.631. The Hall–Kier alpha value is -1.71. The molecule has 0 saturated carbocycles. The fourth-order valence-corrected chi connectivity index (χ4v) is 1.23. The van der Waals surface area contributed by atoms with Crippen LogP contribution >= 0.6 is 0 Å². The number of aldehydes is 1. The van der Waals surface area contributed by atoms with Gasteiger partial charge in [-0.15, -0.1) is 0 Å². The molecule has 4 heteroatoms. The zero-order chi connectivity index (χ0) is 11.3. The lowest BCUT2D eigenvalue weighted by Gasteiger charge is -2.03. The van der Waals surface area contributed by atoms with Gasteiger partial charge in [-0.25, -0.2) is 4.39 Å². The molecule has 0 aliphatic rings. The lowest BCUT2D eigenvalue weighted by Crippen LogP contribution is -2.26. The number of benzene rings is 1. The van der Waals surface area contributed by atoms with E-state index in [9.17, 15) is 14.0 Å². The van der Waals surface area contributed by atoms with Gasteiger partial charge in [-0.2, -0.15) is 0 Å². The molecule has 1 aromatic carbocycles. The minimum Gasteiger partial charge on any atom is -0.349 e. The molecule has 0 aromatic heterocycles. The third kappa shape index (κ3) is 3.50. The van der Waals surface area contributed by atoms with E-state index in [1.165, 1.54) is 6.07 Å². The van der Waals surface area contributed by atoms with E-state index in [1.807, 2.05) is 0 Å². The van der Waals surface area contributed by atoms with Crippen molar-refractivity contribution in [1.29, 1.82) is 0 Å². The van der Waals surface area contributed by atoms with Crippen LogP contribution in [0.1, 0.15) is 11.1 Å². The van der Waals surface area contributed by atoms with Gasteiger partial charge in [-0.1, -0.05) is 12.1 Å². The molecule has 0 saturated heterocycles. The summed E-state index contributed by atoms with van der Waals surface area (Å²) >= 11 is 0. The maximum absolute atomic E-state index is 12.9. The first-order valence-electron chi connectivity index (χ1n) is 4.61. The SMILES string of the molecule is Cc1cc(CCNC(=O)C=O)ccc1F. The van der Waals surface area contributed by atoms with Crippen molar-refractivity contribution >= 4 is 12.2 Å². The molecule has 0 unspecified atom stereocenters. The van der Waals surface area contributed by atoms with Gasteiger partial charge in [0, 0.05) is 6.54 Å². The molecule has 15 heavy (non-hydrogen) atoms. The molecule has 0 aliphatic carbocycles. The normalized spacial score (nSPS) is 9.73. The Balaban J connectivity index is 2.48. The lowest BCUT2D eigenvalue weighted by molar-refractivity contribution is -0.131. The van der Waals surface area contributed by atoms with Crippen molar-refractivity contribution in [2.75, 3.05) is 6.54 Å². The molecule has 0 aliphatic heterocycles. The molecule has 1 amide bonds. The number of aryl methyl sites for hydroxylation is 1. The van der Waals surface area contributed by atoms with Gasteiger partial charge >= 0.3 is 0 Å². The van der Waals surface area contributed by atoms with Crippen molar-refractivity contribution in [2.24, 2.45) is 0 Å². The van der Waals surface area contributed by atoms with E-state index in [0.717, 1.165) is 5.56 Å². The maximum atomic E-state index is 12.9. The summed E-state index contributed by atoms with van der Waals surface area (Å²) in [5.41, 5.74) is 1.51. The average Bonchev–Trinajstić information content (AvgIpc) is 2.23. The average molecular weight is 209 g/mol. The van der Waals surface area contributed by atoms with E-state index in [-0.39, 0.29) is 12.1 Å². The molecule has 0 fully saturated rings. The van der Waals surface area contributed by atoms with Crippen LogP contribution in [0.25, 0.3) is 0 Å². The van der Waals surface area contributed by atoms with Crippen LogP contribution in [-0.2, 0) is 16.0 Å². The van der Waals surface area contributed by atoms with Gasteiger partial charge in [0.25, 0.3) is 5.91 Å². The van der Waals surface area contributed by atoms with Crippen LogP contribution in [0.4, 0.5) is 4.39 Å². The molecule has 0 radical (unpaired) electrons. The Morgan fingerprint density at radius 1 is 1.53 bits per heavy atom. The second kappa shape index (κ2) is 5.24. The summed E-state index contributed by atoms with van der Waals surface area (Å²) in [5, 5.41) is 2.41. The zero-order valence-corrected chi connectivity index (χ0v) is 8.42. The highest BCUT2D eigenvalue weighted by atomic mass is 19.1. The third-order valence-corrected chi connectivity index (χ3v) is 2.04. The van der Waals surface area contributed by atoms with Gasteiger partial charge in [-0.3, -0.25) is 9.59 Å². The summed E-state index contributed by atoms with van der Waals surface area (Å²) < 4.78 is 12.9. The predicted molar refractivity (Wildman–Crippen MR) is 53.9 cm³/mol. The quantitative estimate of drug-likeness (QED) is 0.593. The lowest BCUT2D eigenvalue weighted by atomic mass is 10.1. The molecule has 0 atom stereocenters. The molecule has 1 rings (SSSR count). The minimum absolute atomic E-state index is 0.232. The maximum Gasteiger partial charge on any atom is 0.284 e. The van der Waals surface area contributed by atoms with E-state index in [4.69, 9.17) is 0 Å². The molecule has 0 heterocycles. The highest BCUT2D eigenvalue weighted by Crippen LogP contribution is 2.09. The van der Waals surface area contributed by atoms with E-state index in [0.29, 0.717) is 18.5 Å². The summed E-state index contributed by atoms with van der Waals surface area (Å²) in [6.45, 7) is 2.06. The van der Waals surface area contributed by atoms with Gasteiger partial charge in [0.1, 0.15) is 5.82 Å². The summed E-state index contributed by atoms with van der Waals surface area (Å²) in [6.07, 6.45) is 0.816. The number of carbonyl (C=O) groups excluding carboxylic acids is 2. The molecule has 3 nitrogen and oxygen atoms in total. The van der Waals surface area contributed by atoms with Crippen molar-refractivity contribution < 1.29 is 14.0 Å². The van der Waals surface area contributed by atoms with Crippen LogP contribution in [-0.4, -0.2) is 18.7 Å². The van der Waals surface area contributed by atoms with Crippen molar-refractivity contribution in [3.05, 3.63) is 35.1 Å². The van der Waals surface area contributed by atoms with Gasteiger partial charge in [-0.05, 0) is 30.5 Å². The molecule has 80 valence electrons. The topological polar surface area (TPSA) is 46.2 Å². The number of halogens is 1. The molecular formula is C11H12FNO2. The Bertz CT molecular complexity index is 377. The number of carbonyl (C=O) groups is 2. The van der Waals surface area contributed by atoms with E-state index >= 15 is 0 Å². The Kier molecular flexibility index (Phi) is 3.97. The van der Waals surface area contributed by atoms with Gasteiger partial charge in [0.15, 0.2) is 0 Å².